The average Bonchev–Trinajstić information content (AvgIpc) is 3.88. The molecule has 0 fully saturated rings. The van der Waals surface area contributed by atoms with Crippen molar-refractivity contribution >= 4 is 46.9 Å². The summed E-state index contributed by atoms with van der Waals surface area (Å²) in [5, 5.41) is 38.4. The van der Waals surface area contributed by atoms with Gasteiger partial charge in [-0.3, -0.25) is 28.9 Å². The maximum Gasteiger partial charge on any atom is 1.00 e. The van der Waals surface area contributed by atoms with Crippen molar-refractivity contribution < 1.29 is 163 Å². The van der Waals surface area contributed by atoms with Gasteiger partial charge in [-0.1, -0.05) is 71.2 Å². The molecular weight excluding hydrogens is 815 g/mol. The molecule has 2 aromatic heterocycles. The minimum absolute atomic E-state index is 0. The molecule has 1 N–H and O–H groups in total. The number of aliphatic hydroxyl groups is 1. The molecule has 0 radical (unpaired) electrons. The second-order valence-corrected chi connectivity index (χ2v) is 12.2. The molecule has 0 saturated carbocycles. The van der Waals surface area contributed by atoms with Crippen LogP contribution in [0, 0.1) is 0 Å². The van der Waals surface area contributed by atoms with Gasteiger partial charge in [0, 0.05) is 45.4 Å². The molecule has 0 spiro atoms. The van der Waals surface area contributed by atoms with E-state index in [-0.39, 0.29) is 142 Å². The van der Waals surface area contributed by atoms with Crippen molar-refractivity contribution in [3.05, 3.63) is 69.7 Å². The Hall–Kier alpha value is -1.53. The Morgan fingerprint density at radius 1 is 0.782 bits per heavy atom. The van der Waals surface area contributed by atoms with E-state index < -0.39 is 12.2 Å². The van der Waals surface area contributed by atoms with Crippen molar-refractivity contribution in [1.29, 1.82) is 0 Å². The van der Waals surface area contributed by atoms with Crippen LogP contribution in [-0.4, -0.2) is 101 Å². The Morgan fingerprint density at radius 2 is 1.16 bits per heavy atom. The third kappa shape index (κ3) is 17.9. The molecule has 22 heteroatoms. The van der Waals surface area contributed by atoms with Crippen molar-refractivity contribution in [3.63, 3.8) is 0 Å². The molecule has 2 atom stereocenters. The van der Waals surface area contributed by atoms with Crippen LogP contribution in [0.1, 0.15) is 55.5 Å². The second-order valence-electron chi connectivity index (χ2n) is 10.1. The maximum absolute atomic E-state index is 12.4. The van der Waals surface area contributed by atoms with E-state index in [0.717, 1.165) is 26.8 Å². The topological polar surface area (TPSA) is 225 Å². The van der Waals surface area contributed by atoms with Crippen LogP contribution in [0.25, 0.3) is 21.1 Å². The largest absolute Gasteiger partial charge is 1.00 e. The van der Waals surface area contributed by atoms with Gasteiger partial charge in [-0.05, 0) is 25.0 Å². The number of aliphatic hydroxyl groups excluding tert-OH is 1. The van der Waals surface area contributed by atoms with Gasteiger partial charge in [0.2, 0.25) is 0 Å². The van der Waals surface area contributed by atoms with Crippen molar-refractivity contribution in [2.75, 3.05) is 41.5 Å². The number of hydrogen-bond donors (Lipinski definition) is 1. The van der Waals surface area contributed by atoms with Gasteiger partial charge < -0.3 is 30.9 Å². The third-order valence-corrected chi connectivity index (χ3v) is 8.61. The fraction of sp³-hybridized carbons (Fsp3) is 0.394. The SMILES string of the molecule is CCOC(C(=O)N(C)OC)c1ccc(-c2nnc(CO)s2)cc1.CCOC(C(=O)N(C)OC)c1ccc(-c2nnc(COC(C)=O)s2)cc1.O=CO[O-].[H-].[K+].[K+]. The standard InChI is InChI=1S/C17H21N3O5S.C15H19N3O4S.CH2O3.2K.H/c1-5-24-15(17(22)20(3)23-4)12-6-8-13(9-7-12)16-19-18-14(26-16)10-25-11(2)21;1-4-22-13(15(20)18(2)21-3)10-5-7-11(8-6-10)14-17-16-12(9-19)23-14;2-1-4-3;;;/h6-9,15H,5,10H2,1-4H3;5-8,13,19H,4,9H2,1-3H3;1,3H;;;/q;;;2*+1;-1/p-1. The van der Waals surface area contributed by atoms with Crippen LogP contribution in [-0.2, 0) is 61.2 Å². The molecule has 0 bridgehead atoms. The van der Waals surface area contributed by atoms with Crippen LogP contribution in [0.4, 0.5) is 0 Å². The first-order valence-electron chi connectivity index (χ1n) is 15.7. The average molecular weight is 857 g/mol. The van der Waals surface area contributed by atoms with Gasteiger partial charge in [0.05, 0.1) is 20.8 Å². The quantitative estimate of drug-likeness (QED) is 0.0384. The first-order valence-corrected chi connectivity index (χ1v) is 17.3. The molecule has 55 heavy (non-hydrogen) atoms. The van der Waals surface area contributed by atoms with Gasteiger partial charge in [0.25, 0.3) is 18.3 Å². The monoisotopic (exact) mass is 856 g/mol. The van der Waals surface area contributed by atoms with Crippen molar-refractivity contribution in [1.82, 2.24) is 30.5 Å². The molecule has 0 aliphatic rings. The summed E-state index contributed by atoms with van der Waals surface area (Å²) in [6, 6.07) is 14.6. The molecule has 18 nitrogen and oxygen atoms in total. The smallest absolute Gasteiger partial charge is 1.00 e. The first kappa shape index (κ1) is 53.5. The summed E-state index contributed by atoms with van der Waals surface area (Å²) in [5.74, 6) is -0.930. The van der Waals surface area contributed by atoms with Gasteiger partial charge in [-0.25, -0.2) is 10.1 Å². The predicted molar refractivity (Wildman–Crippen MR) is 189 cm³/mol. The maximum atomic E-state index is 12.4. The number of hydroxylamine groups is 4. The number of nitrogens with zero attached hydrogens (tertiary/aromatic N) is 6. The van der Waals surface area contributed by atoms with Gasteiger partial charge in [-0.2, -0.15) is 0 Å². The predicted octanol–water partition coefficient (Wildman–Crippen LogP) is -3.28. The third-order valence-electron chi connectivity index (χ3n) is 6.71. The molecule has 4 rings (SSSR count). The zero-order chi connectivity index (χ0) is 39.3. The zero-order valence-electron chi connectivity index (χ0n) is 33.1. The van der Waals surface area contributed by atoms with E-state index in [9.17, 15) is 14.4 Å². The zero-order valence-corrected chi connectivity index (χ0v) is 40.0. The number of rotatable bonds is 16. The van der Waals surface area contributed by atoms with Crippen LogP contribution in [0.2, 0.25) is 0 Å². The van der Waals surface area contributed by atoms with Crippen molar-refractivity contribution in [2.24, 2.45) is 0 Å². The Kier molecular flexibility index (Phi) is 28.8. The van der Waals surface area contributed by atoms with Crippen LogP contribution in [0.5, 0.6) is 0 Å². The number of carbonyl (C=O) groups is 4. The molecule has 2 unspecified atom stereocenters. The van der Waals surface area contributed by atoms with E-state index in [4.69, 9.17) is 39.0 Å². The number of aromatic nitrogens is 4. The van der Waals surface area contributed by atoms with Crippen molar-refractivity contribution in [3.8, 4) is 21.1 Å². The molecular formula is C33H42K2N6O12S2. The Labute approximate surface area is 413 Å². The van der Waals surface area contributed by atoms with Crippen molar-refractivity contribution in [2.45, 2.75) is 46.2 Å². The van der Waals surface area contributed by atoms with E-state index in [2.05, 4.69) is 25.3 Å². The number of amides is 2. The van der Waals surface area contributed by atoms with Crippen LogP contribution in [0.15, 0.2) is 48.5 Å². The van der Waals surface area contributed by atoms with E-state index in [1.54, 1.807) is 7.05 Å². The number of ether oxygens (including phenoxy) is 3. The summed E-state index contributed by atoms with van der Waals surface area (Å²) < 4.78 is 16.0. The molecule has 0 saturated heterocycles. The number of hydrogen-bond acceptors (Lipinski definition) is 18. The molecule has 290 valence electrons. The second kappa shape index (κ2) is 29.7. The van der Waals surface area contributed by atoms with E-state index in [0.29, 0.717) is 38.8 Å². The van der Waals surface area contributed by atoms with E-state index in [1.165, 1.54) is 50.9 Å². The number of benzene rings is 2. The molecule has 2 aromatic carbocycles. The van der Waals surface area contributed by atoms with Gasteiger partial charge >= 0.3 is 109 Å². The number of likely N-dealkylation sites (N-methyl/N-ethyl adjacent to an activating group) is 2. The number of esters is 1. The van der Waals surface area contributed by atoms with Gasteiger partial charge in [0.15, 0.2) is 17.2 Å². The van der Waals surface area contributed by atoms with Crippen LogP contribution >= 0.6 is 22.7 Å². The summed E-state index contributed by atoms with van der Waals surface area (Å²) in [5.41, 5.74) is 3.17. The number of carbonyl (C=O) groups excluding carboxylic acids is 4. The summed E-state index contributed by atoms with van der Waals surface area (Å²) in [7, 11) is 5.93. The van der Waals surface area contributed by atoms with E-state index >= 15 is 0 Å². The fourth-order valence-corrected chi connectivity index (χ4v) is 5.55. The Morgan fingerprint density at radius 3 is 1.47 bits per heavy atom. The fourth-order valence-electron chi connectivity index (χ4n) is 4.09. The van der Waals surface area contributed by atoms with Gasteiger partial charge in [-0.15, -0.1) is 20.4 Å². The minimum Gasteiger partial charge on any atom is -1.00 e. The molecule has 0 aliphatic heterocycles. The molecule has 2 heterocycles. The Bertz CT molecular complexity index is 1720. The molecule has 4 aromatic rings. The normalized spacial score (nSPS) is 11.1. The molecule has 2 amide bonds. The summed E-state index contributed by atoms with van der Waals surface area (Å²) in [6.07, 6.45) is -1.46. The van der Waals surface area contributed by atoms with Crippen LogP contribution < -0.4 is 108 Å². The summed E-state index contributed by atoms with van der Waals surface area (Å²) in [4.78, 5) is 56.6. The van der Waals surface area contributed by atoms with Gasteiger partial charge in [0.1, 0.15) is 21.6 Å². The molecule has 0 aliphatic carbocycles. The van der Waals surface area contributed by atoms with Crippen LogP contribution in [0.3, 0.4) is 0 Å². The minimum atomic E-state index is -0.743. The summed E-state index contributed by atoms with van der Waals surface area (Å²) in [6.45, 7) is 5.61. The first-order chi connectivity index (χ1) is 25.5. The Balaban J connectivity index is 0. The van der Waals surface area contributed by atoms with E-state index in [1.807, 2.05) is 62.4 Å². The summed E-state index contributed by atoms with van der Waals surface area (Å²) >= 11 is 2.67.